The number of aryl methyl sites for hydroxylation is 1. The van der Waals surface area contributed by atoms with Crippen LogP contribution in [0.5, 0.6) is 0 Å². The molecule has 0 aromatic carbocycles. The number of aromatic nitrogens is 2. The van der Waals surface area contributed by atoms with Gasteiger partial charge in [0.15, 0.2) is 0 Å². The van der Waals surface area contributed by atoms with Gasteiger partial charge in [0.25, 0.3) is 0 Å². The molecule has 0 radical (unpaired) electrons. The highest BCUT2D eigenvalue weighted by molar-refractivity contribution is 5.11. The van der Waals surface area contributed by atoms with E-state index in [-0.39, 0.29) is 0 Å². The maximum absolute atomic E-state index is 4.74. The molecular formula is C15H25N3. The van der Waals surface area contributed by atoms with E-state index in [0.29, 0.717) is 5.92 Å². The van der Waals surface area contributed by atoms with Crippen molar-refractivity contribution in [2.24, 2.45) is 11.8 Å². The Hall–Kier alpha value is -0.960. The molecule has 1 aliphatic heterocycles. The number of rotatable bonds is 4. The van der Waals surface area contributed by atoms with Crippen LogP contribution in [0.1, 0.15) is 43.9 Å². The fourth-order valence-corrected chi connectivity index (χ4v) is 2.66. The van der Waals surface area contributed by atoms with E-state index in [2.05, 4.69) is 37.1 Å². The summed E-state index contributed by atoms with van der Waals surface area (Å²) in [7, 11) is 0. The summed E-state index contributed by atoms with van der Waals surface area (Å²) in [4.78, 5) is 9.34. The molecule has 18 heavy (non-hydrogen) atoms. The fourth-order valence-electron chi connectivity index (χ4n) is 2.66. The molecule has 2 rings (SSSR count). The third-order valence-corrected chi connectivity index (χ3v) is 3.50. The van der Waals surface area contributed by atoms with Crippen LogP contribution in [0.2, 0.25) is 0 Å². The van der Waals surface area contributed by atoms with E-state index in [1.807, 2.05) is 0 Å². The standard InChI is InChI=1S/C15H25N3/c1-11(2)8-14-9-12(3)17-15(18-14)10-13-4-6-16-7-5-13/h9,11,13,16H,4-8,10H2,1-3H3. The number of piperidine rings is 1. The normalized spacial score (nSPS) is 17.3. The zero-order chi connectivity index (χ0) is 13.0. The van der Waals surface area contributed by atoms with Gasteiger partial charge in [0, 0.05) is 17.8 Å². The second-order valence-electron chi connectivity index (χ2n) is 5.91. The molecule has 0 saturated carbocycles. The summed E-state index contributed by atoms with van der Waals surface area (Å²) in [6, 6.07) is 2.13. The van der Waals surface area contributed by atoms with Gasteiger partial charge in [-0.15, -0.1) is 0 Å². The van der Waals surface area contributed by atoms with Crippen LogP contribution in [-0.4, -0.2) is 23.1 Å². The van der Waals surface area contributed by atoms with E-state index in [1.54, 1.807) is 0 Å². The van der Waals surface area contributed by atoms with Gasteiger partial charge in [-0.05, 0) is 57.2 Å². The minimum Gasteiger partial charge on any atom is -0.317 e. The Balaban J connectivity index is 2.04. The SMILES string of the molecule is Cc1cc(CC(C)C)nc(CC2CCNCC2)n1. The Labute approximate surface area is 110 Å². The first kappa shape index (κ1) is 13.5. The van der Waals surface area contributed by atoms with Crippen molar-refractivity contribution in [2.75, 3.05) is 13.1 Å². The molecule has 0 amide bonds. The smallest absolute Gasteiger partial charge is 0.129 e. The van der Waals surface area contributed by atoms with Crippen LogP contribution in [0, 0.1) is 18.8 Å². The number of hydrogen-bond acceptors (Lipinski definition) is 3. The molecule has 0 aliphatic carbocycles. The largest absolute Gasteiger partial charge is 0.317 e. The van der Waals surface area contributed by atoms with Gasteiger partial charge in [0.1, 0.15) is 5.82 Å². The monoisotopic (exact) mass is 247 g/mol. The summed E-state index contributed by atoms with van der Waals surface area (Å²) >= 11 is 0. The molecule has 2 heterocycles. The highest BCUT2D eigenvalue weighted by Gasteiger charge is 2.15. The molecule has 1 fully saturated rings. The summed E-state index contributed by atoms with van der Waals surface area (Å²) in [5, 5.41) is 3.41. The van der Waals surface area contributed by atoms with Crippen molar-refractivity contribution in [3.63, 3.8) is 0 Å². The summed E-state index contributed by atoms with van der Waals surface area (Å²) in [5.74, 6) is 2.48. The molecule has 1 N–H and O–H groups in total. The van der Waals surface area contributed by atoms with E-state index in [1.165, 1.54) is 18.5 Å². The molecule has 0 spiro atoms. The minimum atomic E-state index is 0.658. The molecule has 1 saturated heterocycles. The summed E-state index contributed by atoms with van der Waals surface area (Å²) in [6.07, 6.45) is 4.63. The van der Waals surface area contributed by atoms with Gasteiger partial charge in [-0.2, -0.15) is 0 Å². The Morgan fingerprint density at radius 1 is 1.28 bits per heavy atom. The van der Waals surface area contributed by atoms with Gasteiger partial charge in [-0.3, -0.25) is 0 Å². The van der Waals surface area contributed by atoms with Crippen molar-refractivity contribution >= 4 is 0 Å². The lowest BCUT2D eigenvalue weighted by molar-refractivity contribution is 0.366. The minimum absolute atomic E-state index is 0.658. The van der Waals surface area contributed by atoms with Crippen molar-refractivity contribution in [3.8, 4) is 0 Å². The maximum Gasteiger partial charge on any atom is 0.129 e. The van der Waals surface area contributed by atoms with Gasteiger partial charge in [-0.1, -0.05) is 13.8 Å². The fraction of sp³-hybridized carbons (Fsp3) is 0.733. The van der Waals surface area contributed by atoms with Gasteiger partial charge < -0.3 is 5.32 Å². The average Bonchev–Trinajstić information content (AvgIpc) is 2.28. The van der Waals surface area contributed by atoms with Crippen molar-refractivity contribution in [2.45, 2.75) is 46.5 Å². The molecule has 0 unspecified atom stereocenters. The van der Waals surface area contributed by atoms with E-state index in [0.717, 1.165) is 43.4 Å². The third kappa shape index (κ3) is 4.05. The molecule has 1 aromatic heterocycles. The van der Waals surface area contributed by atoms with Gasteiger partial charge in [0.05, 0.1) is 0 Å². The van der Waals surface area contributed by atoms with E-state index in [4.69, 9.17) is 4.98 Å². The molecule has 1 aliphatic rings. The zero-order valence-corrected chi connectivity index (χ0v) is 11.9. The predicted molar refractivity (Wildman–Crippen MR) is 74.6 cm³/mol. The highest BCUT2D eigenvalue weighted by Crippen LogP contribution is 2.17. The molecular weight excluding hydrogens is 222 g/mol. The van der Waals surface area contributed by atoms with Crippen molar-refractivity contribution in [1.29, 1.82) is 0 Å². The van der Waals surface area contributed by atoms with Crippen molar-refractivity contribution in [3.05, 3.63) is 23.3 Å². The third-order valence-electron chi connectivity index (χ3n) is 3.50. The highest BCUT2D eigenvalue weighted by atomic mass is 14.9. The summed E-state index contributed by atoms with van der Waals surface area (Å²) in [6.45, 7) is 8.86. The topological polar surface area (TPSA) is 37.8 Å². The van der Waals surface area contributed by atoms with Crippen LogP contribution in [0.25, 0.3) is 0 Å². The molecule has 0 atom stereocenters. The van der Waals surface area contributed by atoms with Gasteiger partial charge in [-0.25, -0.2) is 9.97 Å². The van der Waals surface area contributed by atoms with Crippen LogP contribution < -0.4 is 5.32 Å². The molecule has 100 valence electrons. The van der Waals surface area contributed by atoms with E-state index >= 15 is 0 Å². The average molecular weight is 247 g/mol. The van der Waals surface area contributed by atoms with E-state index in [9.17, 15) is 0 Å². The van der Waals surface area contributed by atoms with Crippen molar-refractivity contribution < 1.29 is 0 Å². The maximum atomic E-state index is 4.74. The molecule has 0 bridgehead atoms. The van der Waals surface area contributed by atoms with Crippen LogP contribution in [0.3, 0.4) is 0 Å². The van der Waals surface area contributed by atoms with E-state index < -0.39 is 0 Å². The molecule has 3 nitrogen and oxygen atoms in total. The Bertz CT molecular complexity index is 381. The number of hydrogen-bond donors (Lipinski definition) is 1. The number of nitrogens with one attached hydrogen (secondary N) is 1. The molecule has 3 heteroatoms. The van der Waals surface area contributed by atoms with Crippen molar-refractivity contribution in [1.82, 2.24) is 15.3 Å². The first-order valence-corrected chi connectivity index (χ1v) is 7.17. The van der Waals surface area contributed by atoms with Gasteiger partial charge >= 0.3 is 0 Å². The quantitative estimate of drug-likeness (QED) is 0.888. The second-order valence-corrected chi connectivity index (χ2v) is 5.91. The second kappa shape index (κ2) is 6.28. The van der Waals surface area contributed by atoms with Crippen LogP contribution >= 0.6 is 0 Å². The first-order valence-electron chi connectivity index (χ1n) is 7.17. The number of nitrogens with zero attached hydrogens (tertiary/aromatic N) is 2. The zero-order valence-electron chi connectivity index (χ0n) is 11.9. The summed E-state index contributed by atoms with van der Waals surface area (Å²) < 4.78 is 0. The van der Waals surface area contributed by atoms with Crippen LogP contribution in [-0.2, 0) is 12.8 Å². The Morgan fingerprint density at radius 2 is 2.00 bits per heavy atom. The predicted octanol–water partition coefficient (Wildman–Crippen LogP) is 2.53. The van der Waals surface area contributed by atoms with Crippen LogP contribution in [0.15, 0.2) is 6.07 Å². The lowest BCUT2D eigenvalue weighted by Crippen LogP contribution is -2.29. The Kier molecular flexibility index (Phi) is 4.70. The lowest BCUT2D eigenvalue weighted by Gasteiger charge is -2.22. The Morgan fingerprint density at radius 3 is 2.67 bits per heavy atom. The lowest BCUT2D eigenvalue weighted by atomic mass is 9.94. The van der Waals surface area contributed by atoms with Gasteiger partial charge in [0.2, 0.25) is 0 Å². The summed E-state index contributed by atoms with van der Waals surface area (Å²) in [5.41, 5.74) is 2.33. The molecule has 1 aromatic rings. The van der Waals surface area contributed by atoms with Crippen LogP contribution in [0.4, 0.5) is 0 Å². The first-order chi connectivity index (χ1) is 8.63.